The molecule has 2 amide bonds. The van der Waals surface area contributed by atoms with E-state index in [0.29, 0.717) is 17.9 Å². The lowest BCUT2D eigenvalue weighted by atomic mass is 9.98. The number of piperidine rings is 1. The van der Waals surface area contributed by atoms with Crippen LogP contribution in [0.3, 0.4) is 0 Å². The van der Waals surface area contributed by atoms with Gasteiger partial charge in [-0.15, -0.1) is 0 Å². The SMILES string of the molecule is CC(=O)N1CCC(Nc2cc(C(=O)NCC(C)(O)CN3CCc4ccccc4C3)ccn2)CC1. The van der Waals surface area contributed by atoms with Gasteiger partial charge in [0.1, 0.15) is 5.82 Å². The highest BCUT2D eigenvalue weighted by molar-refractivity contribution is 5.94. The first-order chi connectivity index (χ1) is 16.3. The molecule has 0 aliphatic carbocycles. The number of nitrogens with one attached hydrogen (secondary N) is 2. The van der Waals surface area contributed by atoms with Gasteiger partial charge in [-0.2, -0.15) is 0 Å². The number of benzene rings is 1. The Morgan fingerprint density at radius 2 is 1.88 bits per heavy atom. The molecule has 0 bridgehead atoms. The van der Waals surface area contributed by atoms with Crippen molar-refractivity contribution >= 4 is 17.6 Å². The first kappa shape index (κ1) is 24.2. The number of anilines is 1. The van der Waals surface area contributed by atoms with E-state index in [-0.39, 0.29) is 24.4 Å². The van der Waals surface area contributed by atoms with Crippen molar-refractivity contribution in [3.05, 3.63) is 59.3 Å². The van der Waals surface area contributed by atoms with E-state index in [1.807, 2.05) is 11.0 Å². The highest BCUT2D eigenvalue weighted by Gasteiger charge is 2.27. The maximum Gasteiger partial charge on any atom is 0.251 e. The van der Waals surface area contributed by atoms with E-state index in [0.717, 1.165) is 45.4 Å². The Morgan fingerprint density at radius 3 is 2.62 bits per heavy atom. The standard InChI is InChI=1S/C26H35N5O3/c1-19(32)31-13-9-23(10-14-31)29-24-15-21(7-11-27-24)25(33)28-17-26(2,34)18-30-12-8-20-5-3-4-6-22(20)16-30/h3-7,11,15,23,34H,8-10,12-14,16-18H2,1-2H3,(H,27,29)(H,28,33). The van der Waals surface area contributed by atoms with E-state index in [1.54, 1.807) is 32.2 Å². The molecule has 8 nitrogen and oxygen atoms in total. The molecule has 3 heterocycles. The fourth-order valence-electron chi connectivity index (χ4n) is 4.80. The molecule has 2 aliphatic heterocycles. The lowest BCUT2D eigenvalue weighted by molar-refractivity contribution is -0.129. The number of nitrogens with zero attached hydrogens (tertiary/aromatic N) is 3. The summed E-state index contributed by atoms with van der Waals surface area (Å²) in [5, 5.41) is 17.2. The molecule has 0 saturated carbocycles. The number of carbonyl (C=O) groups excluding carboxylic acids is 2. The molecule has 182 valence electrons. The summed E-state index contributed by atoms with van der Waals surface area (Å²) in [6.45, 7) is 7.18. The van der Waals surface area contributed by atoms with Crippen molar-refractivity contribution in [2.24, 2.45) is 0 Å². The van der Waals surface area contributed by atoms with Gasteiger partial charge in [0, 0.05) is 64.0 Å². The fraction of sp³-hybridized carbons (Fsp3) is 0.500. The monoisotopic (exact) mass is 465 g/mol. The van der Waals surface area contributed by atoms with E-state index < -0.39 is 5.60 Å². The van der Waals surface area contributed by atoms with Crippen LogP contribution in [0.25, 0.3) is 0 Å². The Labute approximate surface area is 201 Å². The number of fused-ring (bicyclic) bond motifs is 1. The van der Waals surface area contributed by atoms with Gasteiger partial charge in [-0.3, -0.25) is 14.5 Å². The normalized spacial score (nSPS) is 18.6. The van der Waals surface area contributed by atoms with Crippen molar-refractivity contribution < 1.29 is 14.7 Å². The summed E-state index contributed by atoms with van der Waals surface area (Å²) in [5.74, 6) is 0.519. The predicted octanol–water partition coefficient (Wildman–Crippen LogP) is 2.04. The van der Waals surface area contributed by atoms with Crippen molar-refractivity contribution in [2.75, 3.05) is 38.0 Å². The average Bonchev–Trinajstić information content (AvgIpc) is 2.83. The minimum atomic E-state index is -1.04. The molecule has 0 spiro atoms. The summed E-state index contributed by atoms with van der Waals surface area (Å²) < 4.78 is 0. The summed E-state index contributed by atoms with van der Waals surface area (Å²) in [4.78, 5) is 32.7. The van der Waals surface area contributed by atoms with Crippen molar-refractivity contribution in [3.63, 3.8) is 0 Å². The minimum Gasteiger partial charge on any atom is -0.387 e. The van der Waals surface area contributed by atoms with Crippen molar-refractivity contribution in [3.8, 4) is 0 Å². The molecule has 1 aromatic heterocycles. The number of pyridine rings is 1. The van der Waals surface area contributed by atoms with Crippen LogP contribution in [0.15, 0.2) is 42.6 Å². The van der Waals surface area contributed by atoms with Gasteiger partial charge in [-0.05, 0) is 49.4 Å². The Balaban J connectivity index is 1.27. The minimum absolute atomic E-state index is 0.108. The number of aromatic nitrogens is 1. The van der Waals surface area contributed by atoms with E-state index in [9.17, 15) is 14.7 Å². The van der Waals surface area contributed by atoms with Crippen LogP contribution >= 0.6 is 0 Å². The molecule has 8 heteroatoms. The Kier molecular flexibility index (Phi) is 7.48. The van der Waals surface area contributed by atoms with Crippen LogP contribution in [0, 0.1) is 0 Å². The van der Waals surface area contributed by atoms with Crippen LogP contribution in [0.2, 0.25) is 0 Å². The van der Waals surface area contributed by atoms with Gasteiger partial charge < -0.3 is 20.6 Å². The first-order valence-corrected chi connectivity index (χ1v) is 12.1. The zero-order valence-corrected chi connectivity index (χ0v) is 20.1. The number of aliphatic hydroxyl groups is 1. The molecule has 0 radical (unpaired) electrons. The molecular weight excluding hydrogens is 430 g/mol. The molecule has 1 saturated heterocycles. The zero-order valence-electron chi connectivity index (χ0n) is 20.1. The van der Waals surface area contributed by atoms with E-state index in [4.69, 9.17) is 0 Å². The lowest BCUT2D eigenvalue weighted by Crippen LogP contribution is -2.49. The van der Waals surface area contributed by atoms with Crippen molar-refractivity contribution in [2.45, 2.75) is 51.3 Å². The lowest BCUT2D eigenvalue weighted by Gasteiger charge is -2.35. The van der Waals surface area contributed by atoms with Crippen LogP contribution in [-0.4, -0.2) is 76.1 Å². The number of amides is 2. The van der Waals surface area contributed by atoms with Crippen molar-refractivity contribution in [1.82, 2.24) is 20.1 Å². The third-order valence-electron chi connectivity index (χ3n) is 6.72. The van der Waals surface area contributed by atoms with Crippen LogP contribution in [-0.2, 0) is 17.8 Å². The summed E-state index contributed by atoms with van der Waals surface area (Å²) >= 11 is 0. The largest absolute Gasteiger partial charge is 0.387 e. The third kappa shape index (κ3) is 6.33. The molecular formula is C26H35N5O3. The average molecular weight is 466 g/mol. The molecule has 1 atom stereocenters. The maximum atomic E-state index is 12.8. The van der Waals surface area contributed by atoms with Crippen molar-refractivity contribution in [1.29, 1.82) is 0 Å². The predicted molar refractivity (Wildman–Crippen MR) is 132 cm³/mol. The van der Waals surface area contributed by atoms with E-state index in [2.05, 4.69) is 38.7 Å². The number of rotatable bonds is 7. The highest BCUT2D eigenvalue weighted by atomic mass is 16.3. The Bertz CT molecular complexity index is 1020. The topological polar surface area (TPSA) is 97.8 Å². The fourth-order valence-corrected chi connectivity index (χ4v) is 4.80. The number of likely N-dealkylation sites (tertiary alicyclic amines) is 1. The van der Waals surface area contributed by atoms with Gasteiger partial charge in [0.05, 0.1) is 5.60 Å². The Morgan fingerprint density at radius 1 is 1.15 bits per heavy atom. The van der Waals surface area contributed by atoms with Gasteiger partial charge in [-0.1, -0.05) is 24.3 Å². The van der Waals surface area contributed by atoms with Gasteiger partial charge in [-0.25, -0.2) is 4.98 Å². The maximum absolute atomic E-state index is 12.8. The highest BCUT2D eigenvalue weighted by Crippen LogP contribution is 2.20. The summed E-state index contributed by atoms with van der Waals surface area (Å²) in [6, 6.07) is 12.1. The van der Waals surface area contributed by atoms with Gasteiger partial charge >= 0.3 is 0 Å². The number of carbonyl (C=O) groups is 2. The molecule has 34 heavy (non-hydrogen) atoms. The van der Waals surface area contributed by atoms with Gasteiger partial charge in [0.2, 0.25) is 5.91 Å². The summed E-state index contributed by atoms with van der Waals surface area (Å²) in [5.41, 5.74) is 2.14. The Hall–Kier alpha value is -2.97. The van der Waals surface area contributed by atoms with Crippen LogP contribution in [0.4, 0.5) is 5.82 Å². The van der Waals surface area contributed by atoms with Crippen LogP contribution in [0.1, 0.15) is 48.2 Å². The van der Waals surface area contributed by atoms with Crippen LogP contribution in [0.5, 0.6) is 0 Å². The molecule has 2 aliphatic rings. The second-order valence-electron chi connectivity index (χ2n) is 9.76. The molecule has 1 unspecified atom stereocenters. The molecule has 4 rings (SSSR count). The third-order valence-corrected chi connectivity index (χ3v) is 6.72. The van der Waals surface area contributed by atoms with E-state index in [1.165, 1.54) is 11.1 Å². The summed E-state index contributed by atoms with van der Waals surface area (Å²) in [6.07, 6.45) is 4.29. The quantitative estimate of drug-likeness (QED) is 0.579. The zero-order chi connectivity index (χ0) is 24.1. The van der Waals surface area contributed by atoms with Gasteiger partial charge in [0.15, 0.2) is 0 Å². The second-order valence-corrected chi connectivity index (χ2v) is 9.76. The van der Waals surface area contributed by atoms with Crippen LogP contribution < -0.4 is 10.6 Å². The molecule has 1 aromatic carbocycles. The molecule has 2 aromatic rings. The van der Waals surface area contributed by atoms with Gasteiger partial charge in [0.25, 0.3) is 5.91 Å². The number of hydrogen-bond donors (Lipinski definition) is 3. The number of hydrogen-bond acceptors (Lipinski definition) is 6. The number of β-amino-alcohol motifs (C(OH)–C–C–N with tert-alkyl or cyclic N) is 1. The second kappa shape index (κ2) is 10.5. The smallest absolute Gasteiger partial charge is 0.251 e. The first-order valence-electron chi connectivity index (χ1n) is 12.1. The molecule has 1 fully saturated rings. The molecule has 3 N–H and O–H groups in total. The summed E-state index contributed by atoms with van der Waals surface area (Å²) in [7, 11) is 0. The van der Waals surface area contributed by atoms with E-state index >= 15 is 0 Å².